The molecule has 2 fully saturated rings. The lowest BCUT2D eigenvalue weighted by Gasteiger charge is -2.31. The van der Waals surface area contributed by atoms with Crippen LogP contribution in [0.4, 0.5) is 0 Å². The number of hydrogen-bond donors (Lipinski definition) is 2. The van der Waals surface area contributed by atoms with Gasteiger partial charge in [-0.05, 0) is 57.0 Å². The minimum absolute atomic E-state index is 0.482. The van der Waals surface area contributed by atoms with Crippen molar-refractivity contribution < 1.29 is 0 Å². The summed E-state index contributed by atoms with van der Waals surface area (Å²) in [6, 6.07) is 0.482. The summed E-state index contributed by atoms with van der Waals surface area (Å²) < 4.78 is 0. The van der Waals surface area contributed by atoms with Crippen LogP contribution in [0.25, 0.3) is 0 Å². The van der Waals surface area contributed by atoms with Crippen molar-refractivity contribution in [3.63, 3.8) is 0 Å². The Kier molecular flexibility index (Phi) is 4.45. The zero-order valence-electron chi connectivity index (χ0n) is 9.88. The Hall–Kier alpha value is -0.0800. The Balaban J connectivity index is 1.72. The number of rotatable bonds is 3. The highest BCUT2D eigenvalue weighted by molar-refractivity contribution is 4.81. The highest BCUT2D eigenvalue weighted by atomic mass is 14.9. The van der Waals surface area contributed by atoms with Crippen LogP contribution in [-0.2, 0) is 0 Å². The van der Waals surface area contributed by atoms with E-state index in [1.54, 1.807) is 0 Å². The molecule has 15 heavy (non-hydrogen) atoms. The van der Waals surface area contributed by atoms with Crippen LogP contribution >= 0.6 is 0 Å². The molecule has 0 bridgehead atoms. The van der Waals surface area contributed by atoms with Gasteiger partial charge in [0.25, 0.3) is 0 Å². The van der Waals surface area contributed by atoms with E-state index in [1.807, 2.05) is 0 Å². The van der Waals surface area contributed by atoms with Crippen LogP contribution in [0, 0.1) is 11.8 Å². The standard InChI is InChI=1S/C13H26N2/c14-13(12-6-2-1-3-7-12)9-11-5-4-8-15-10-11/h11-13,15H,1-10,14H2. The van der Waals surface area contributed by atoms with Crippen LogP contribution in [0.3, 0.4) is 0 Å². The maximum Gasteiger partial charge on any atom is 0.00702 e. The molecule has 0 aromatic carbocycles. The zero-order valence-corrected chi connectivity index (χ0v) is 9.88. The monoisotopic (exact) mass is 210 g/mol. The van der Waals surface area contributed by atoms with Gasteiger partial charge in [-0.25, -0.2) is 0 Å². The van der Waals surface area contributed by atoms with Crippen molar-refractivity contribution in [2.45, 2.75) is 57.4 Å². The van der Waals surface area contributed by atoms with Crippen molar-refractivity contribution in [2.75, 3.05) is 13.1 Å². The van der Waals surface area contributed by atoms with Crippen molar-refractivity contribution in [3.05, 3.63) is 0 Å². The van der Waals surface area contributed by atoms with E-state index in [1.165, 1.54) is 64.5 Å². The lowest BCUT2D eigenvalue weighted by atomic mass is 9.80. The van der Waals surface area contributed by atoms with Crippen molar-refractivity contribution >= 4 is 0 Å². The summed E-state index contributed by atoms with van der Waals surface area (Å²) in [5, 5.41) is 3.49. The van der Waals surface area contributed by atoms with Gasteiger partial charge in [0.05, 0.1) is 0 Å². The summed E-state index contributed by atoms with van der Waals surface area (Å²) in [6.45, 7) is 2.43. The average molecular weight is 210 g/mol. The second-order valence-electron chi connectivity index (χ2n) is 5.51. The third-order valence-electron chi connectivity index (χ3n) is 4.26. The first-order valence-electron chi connectivity index (χ1n) is 6.82. The molecule has 2 heteroatoms. The Labute approximate surface area is 94.0 Å². The van der Waals surface area contributed by atoms with Gasteiger partial charge >= 0.3 is 0 Å². The summed E-state index contributed by atoms with van der Waals surface area (Å²) in [7, 11) is 0. The molecule has 88 valence electrons. The lowest BCUT2D eigenvalue weighted by molar-refractivity contribution is 0.248. The number of nitrogens with two attached hydrogens (primary N) is 1. The van der Waals surface area contributed by atoms with Gasteiger partial charge in [0.1, 0.15) is 0 Å². The minimum Gasteiger partial charge on any atom is -0.327 e. The largest absolute Gasteiger partial charge is 0.327 e. The average Bonchev–Trinajstić information content (AvgIpc) is 2.31. The molecule has 1 saturated carbocycles. The first-order chi connectivity index (χ1) is 7.36. The molecule has 0 spiro atoms. The summed E-state index contributed by atoms with van der Waals surface area (Å²) >= 11 is 0. The normalized spacial score (nSPS) is 31.4. The Bertz CT molecular complexity index is 169. The fourth-order valence-electron chi connectivity index (χ4n) is 3.26. The molecule has 1 heterocycles. The Morgan fingerprint density at radius 3 is 2.53 bits per heavy atom. The van der Waals surface area contributed by atoms with E-state index in [9.17, 15) is 0 Å². The van der Waals surface area contributed by atoms with E-state index in [4.69, 9.17) is 5.73 Å². The second-order valence-corrected chi connectivity index (χ2v) is 5.51. The molecule has 0 aromatic heterocycles. The predicted octanol–water partition coefficient (Wildman–Crippen LogP) is 2.28. The van der Waals surface area contributed by atoms with Gasteiger partial charge in [0, 0.05) is 6.04 Å². The van der Waals surface area contributed by atoms with Gasteiger partial charge in [-0.1, -0.05) is 19.3 Å². The topological polar surface area (TPSA) is 38.0 Å². The molecule has 1 saturated heterocycles. The van der Waals surface area contributed by atoms with Crippen LogP contribution in [0.5, 0.6) is 0 Å². The van der Waals surface area contributed by atoms with Crippen LogP contribution < -0.4 is 11.1 Å². The van der Waals surface area contributed by atoms with Gasteiger partial charge in [-0.2, -0.15) is 0 Å². The smallest absolute Gasteiger partial charge is 0.00702 e. The number of nitrogens with one attached hydrogen (secondary N) is 1. The molecule has 3 N–H and O–H groups in total. The molecule has 1 aliphatic carbocycles. The van der Waals surface area contributed by atoms with Crippen molar-refractivity contribution in [1.82, 2.24) is 5.32 Å². The predicted molar refractivity (Wildman–Crippen MR) is 64.8 cm³/mol. The first-order valence-corrected chi connectivity index (χ1v) is 6.82. The zero-order chi connectivity index (χ0) is 10.5. The van der Waals surface area contributed by atoms with E-state index in [-0.39, 0.29) is 0 Å². The molecule has 2 atom stereocenters. The van der Waals surface area contributed by atoms with E-state index in [0.717, 1.165) is 11.8 Å². The Morgan fingerprint density at radius 1 is 1.07 bits per heavy atom. The van der Waals surface area contributed by atoms with Gasteiger partial charge in [-0.15, -0.1) is 0 Å². The van der Waals surface area contributed by atoms with Gasteiger partial charge in [-0.3, -0.25) is 0 Å². The summed E-state index contributed by atoms with van der Waals surface area (Å²) in [5.41, 5.74) is 6.35. The lowest BCUT2D eigenvalue weighted by Crippen LogP contribution is -2.38. The third kappa shape index (κ3) is 3.46. The van der Waals surface area contributed by atoms with Crippen LogP contribution in [-0.4, -0.2) is 19.1 Å². The molecule has 2 rings (SSSR count). The van der Waals surface area contributed by atoms with E-state index >= 15 is 0 Å². The van der Waals surface area contributed by atoms with E-state index in [2.05, 4.69) is 5.32 Å². The maximum atomic E-state index is 6.35. The molecule has 1 aliphatic heterocycles. The highest BCUT2D eigenvalue weighted by Gasteiger charge is 2.24. The quantitative estimate of drug-likeness (QED) is 0.750. The van der Waals surface area contributed by atoms with Crippen LogP contribution in [0.15, 0.2) is 0 Å². The molecule has 0 amide bonds. The molecule has 2 aliphatic rings. The third-order valence-corrected chi connectivity index (χ3v) is 4.26. The van der Waals surface area contributed by atoms with Crippen molar-refractivity contribution in [2.24, 2.45) is 17.6 Å². The SMILES string of the molecule is NC(CC1CCCNC1)C1CCCCC1. The maximum absolute atomic E-state index is 6.35. The molecule has 2 nitrogen and oxygen atoms in total. The summed E-state index contributed by atoms with van der Waals surface area (Å²) in [5.74, 6) is 1.69. The Morgan fingerprint density at radius 2 is 1.87 bits per heavy atom. The minimum atomic E-state index is 0.482. The van der Waals surface area contributed by atoms with Crippen LogP contribution in [0.1, 0.15) is 51.4 Å². The van der Waals surface area contributed by atoms with Crippen LogP contribution in [0.2, 0.25) is 0 Å². The van der Waals surface area contributed by atoms with Crippen molar-refractivity contribution in [3.8, 4) is 0 Å². The molecule has 0 radical (unpaired) electrons. The fourth-order valence-corrected chi connectivity index (χ4v) is 3.26. The number of hydrogen-bond acceptors (Lipinski definition) is 2. The summed E-state index contributed by atoms with van der Waals surface area (Å²) in [4.78, 5) is 0. The first kappa shape index (κ1) is 11.4. The van der Waals surface area contributed by atoms with E-state index < -0.39 is 0 Å². The van der Waals surface area contributed by atoms with E-state index in [0.29, 0.717) is 6.04 Å². The van der Waals surface area contributed by atoms with Gasteiger partial charge in [0.2, 0.25) is 0 Å². The highest BCUT2D eigenvalue weighted by Crippen LogP contribution is 2.29. The van der Waals surface area contributed by atoms with Gasteiger partial charge in [0.15, 0.2) is 0 Å². The molecular formula is C13H26N2. The molecular weight excluding hydrogens is 184 g/mol. The fraction of sp³-hybridized carbons (Fsp3) is 1.00. The number of piperidine rings is 1. The molecule has 2 unspecified atom stereocenters. The van der Waals surface area contributed by atoms with Gasteiger partial charge < -0.3 is 11.1 Å². The second kappa shape index (κ2) is 5.86. The van der Waals surface area contributed by atoms with Crippen molar-refractivity contribution in [1.29, 1.82) is 0 Å². The molecule has 0 aromatic rings. The summed E-state index contributed by atoms with van der Waals surface area (Å²) in [6.07, 6.45) is 11.1.